The van der Waals surface area contributed by atoms with Crippen LogP contribution in [0.15, 0.2) is 42.5 Å². The van der Waals surface area contributed by atoms with Gasteiger partial charge >= 0.3 is 0 Å². The number of nitrogens with zero attached hydrogens (tertiary/aromatic N) is 1. The Morgan fingerprint density at radius 2 is 1.85 bits per heavy atom. The largest absolute Gasteiger partial charge is 0.497 e. The van der Waals surface area contributed by atoms with Crippen LogP contribution in [0.5, 0.6) is 11.5 Å². The number of methoxy groups -OCH3 is 2. The van der Waals surface area contributed by atoms with E-state index in [1.807, 2.05) is 0 Å². The van der Waals surface area contributed by atoms with E-state index in [-0.39, 0.29) is 5.69 Å². The molecule has 1 N–H and O–H groups in total. The van der Waals surface area contributed by atoms with E-state index < -0.39 is 22.0 Å². The quantitative estimate of drug-likeness (QED) is 0.755. The number of hydrogen-bond acceptors (Lipinski definition) is 5. The van der Waals surface area contributed by atoms with Gasteiger partial charge in [-0.25, -0.2) is 8.42 Å². The molecule has 27 heavy (non-hydrogen) atoms. The first-order chi connectivity index (χ1) is 12.7. The van der Waals surface area contributed by atoms with Gasteiger partial charge in [-0.15, -0.1) is 0 Å². The Labute approximate surface area is 163 Å². The second-order valence-electron chi connectivity index (χ2n) is 5.77. The van der Waals surface area contributed by atoms with Crippen LogP contribution in [0.25, 0.3) is 0 Å². The molecule has 0 radical (unpaired) electrons. The normalized spacial score (nSPS) is 12.2. The highest BCUT2D eigenvalue weighted by molar-refractivity contribution is 7.92. The van der Waals surface area contributed by atoms with Crippen molar-refractivity contribution in [3.63, 3.8) is 0 Å². The van der Waals surface area contributed by atoms with Crippen LogP contribution in [0.4, 0.5) is 11.4 Å². The molecule has 0 fully saturated rings. The molecule has 0 saturated heterocycles. The first-order valence-corrected chi connectivity index (χ1v) is 10.2. The number of rotatable bonds is 7. The first-order valence-electron chi connectivity index (χ1n) is 7.95. The van der Waals surface area contributed by atoms with E-state index in [1.165, 1.54) is 27.2 Å². The standard InChI is InChI=1S/C18H21ClN2O5S/c1-12(18(22)20-14-7-5-6-13(19)10-14)21(27(4,23)24)16-11-15(25-2)8-9-17(16)26-3/h5-12H,1-4H3,(H,20,22)/t12-/m0/s1. The van der Waals surface area contributed by atoms with Crippen LogP contribution in [-0.4, -0.2) is 40.8 Å². The van der Waals surface area contributed by atoms with Crippen molar-refractivity contribution >= 4 is 38.9 Å². The molecule has 9 heteroatoms. The lowest BCUT2D eigenvalue weighted by molar-refractivity contribution is -0.116. The number of carbonyl (C=O) groups excluding carboxylic acids is 1. The zero-order valence-corrected chi connectivity index (χ0v) is 17.0. The molecular formula is C18H21ClN2O5S. The Hall–Kier alpha value is -2.45. The Balaban J connectivity index is 2.43. The SMILES string of the molecule is COc1ccc(OC)c(N([C@@H](C)C(=O)Nc2cccc(Cl)c2)S(C)(=O)=O)c1. The first kappa shape index (κ1) is 20.9. The summed E-state index contributed by atoms with van der Waals surface area (Å²) in [4.78, 5) is 12.7. The third-order valence-electron chi connectivity index (χ3n) is 3.80. The number of anilines is 2. The predicted molar refractivity (Wildman–Crippen MR) is 106 cm³/mol. The maximum atomic E-state index is 12.7. The van der Waals surface area contributed by atoms with Gasteiger partial charge in [-0.3, -0.25) is 9.10 Å². The number of carbonyl (C=O) groups is 1. The molecule has 0 aliphatic carbocycles. The average Bonchev–Trinajstić information content (AvgIpc) is 2.60. The lowest BCUT2D eigenvalue weighted by Gasteiger charge is -2.29. The topological polar surface area (TPSA) is 84.9 Å². The van der Waals surface area contributed by atoms with Crippen LogP contribution in [0.3, 0.4) is 0 Å². The van der Waals surface area contributed by atoms with E-state index in [1.54, 1.807) is 36.4 Å². The number of halogens is 1. The number of benzene rings is 2. The molecule has 0 saturated carbocycles. The van der Waals surface area contributed by atoms with Crippen molar-refractivity contribution in [3.05, 3.63) is 47.5 Å². The van der Waals surface area contributed by atoms with Gasteiger partial charge in [-0.1, -0.05) is 17.7 Å². The van der Waals surface area contributed by atoms with Crippen LogP contribution in [0.1, 0.15) is 6.92 Å². The molecule has 146 valence electrons. The second kappa shape index (κ2) is 8.49. The minimum absolute atomic E-state index is 0.202. The highest BCUT2D eigenvalue weighted by Gasteiger charge is 2.31. The van der Waals surface area contributed by atoms with Gasteiger partial charge in [0.15, 0.2) is 0 Å². The van der Waals surface area contributed by atoms with Crippen LogP contribution < -0.4 is 19.1 Å². The molecule has 2 rings (SSSR count). The molecule has 0 heterocycles. The maximum Gasteiger partial charge on any atom is 0.247 e. The van der Waals surface area contributed by atoms with Gasteiger partial charge in [-0.05, 0) is 37.3 Å². The summed E-state index contributed by atoms with van der Waals surface area (Å²) in [5, 5.41) is 3.12. The van der Waals surface area contributed by atoms with Crippen LogP contribution in [-0.2, 0) is 14.8 Å². The highest BCUT2D eigenvalue weighted by Crippen LogP contribution is 2.35. The van der Waals surface area contributed by atoms with Gasteiger partial charge in [0.05, 0.1) is 26.2 Å². The minimum atomic E-state index is -3.81. The fourth-order valence-corrected chi connectivity index (χ4v) is 3.92. The lowest BCUT2D eigenvalue weighted by Crippen LogP contribution is -2.45. The molecule has 7 nitrogen and oxygen atoms in total. The van der Waals surface area contributed by atoms with Gasteiger partial charge in [0.1, 0.15) is 17.5 Å². The van der Waals surface area contributed by atoms with Gasteiger partial charge in [0.25, 0.3) is 0 Å². The monoisotopic (exact) mass is 412 g/mol. The summed E-state index contributed by atoms with van der Waals surface area (Å²) >= 11 is 5.92. The second-order valence-corrected chi connectivity index (χ2v) is 8.07. The Morgan fingerprint density at radius 3 is 2.41 bits per heavy atom. The zero-order valence-electron chi connectivity index (χ0n) is 15.4. The Kier molecular flexibility index (Phi) is 6.56. The molecule has 0 aromatic heterocycles. The number of ether oxygens (including phenoxy) is 2. The summed E-state index contributed by atoms with van der Waals surface area (Å²) in [6.45, 7) is 1.49. The van der Waals surface area contributed by atoms with E-state index in [0.29, 0.717) is 22.2 Å². The van der Waals surface area contributed by atoms with Crippen molar-refractivity contribution in [2.24, 2.45) is 0 Å². The Bertz CT molecular complexity index is 933. The van der Waals surface area contributed by atoms with E-state index in [2.05, 4.69) is 5.32 Å². The third kappa shape index (κ3) is 5.05. The van der Waals surface area contributed by atoms with Crippen molar-refractivity contribution in [3.8, 4) is 11.5 Å². The van der Waals surface area contributed by atoms with E-state index in [4.69, 9.17) is 21.1 Å². The van der Waals surface area contributed by atoms with Crippen molar-refractivity contribution in [2.75, 3.05) is 30.1 Å². The van der Waals surface area contributed by atoms with Crippen LogP contribution >= 0.6 is 11.6 Å². The van der Waals surface area contributed by atoms with Gasteiger partial charge in [0, 0.05) is 16.8 Å². The molecule has 0 aliphatic heterocycles. The number of amides is 1. The average molecular weight is 413 g/mol. The highest BCUT2D eigenvalue weighted by atomic mass is 35.5. The number of sulfonamides is 1. The predicted octanol–water partition coefficient (Wildman–Crippen LogP) is 3.15. The van der Waals surface area contributed by atoms with Crippen LogP contribution in [0, 0.1) is 0 Å². The van der Waals surface area contributed by atoms with Crippen molar-refractivity contribution in [2.45, 2.75) is 13.0 Å². The molecule has 1 amide bonds. The summed E-state index contributed by atoms with van der Waals surface area (Å²) < 4.78 is 36.4. The molecule has 0 bridgehead atoms. The summed E-state index contributed by atoms with van der Waals surface area (Å²) in [5.74, 6) is 0.207. The fraction of sp³-hybridized carbons (Fsp3) is 0.278. The van der Waals surface area contributed by atoms with Crippen molar-refractivity contribution in [1.29, 1.82) is 0 Å². The minimum Gasteiger partial charge on any atom is -0.497 e. The van der Waals surface area contributed by atoms with Gasteiger partial charge in [0.2, 0.25) is 15.9 Å². The van der Waals surface area contributed by atoms with Gasteiger partial charge in [-0.2, -0.15) is 0 Å². The molecular weight excluding hydrogens is 392 g/mol. The smallest absolute Gasteiger partial charge is 0.247 e. The van der Waals surface area contributed by atoms with Gasteiger partial charge < -0.3 is 14.8 Å². The molecule has 0 spiro atoms. The fourth-order valence-electron chi connectivity index (χ4n) is 2.56. The summed E-state index contributed by atoms with van der Waals surface area (Å²) in [6, 6.07) is 10.2. The molecule has 0 unspecified atom stereocenters. The van der Waals surface area contributed by atoms with Crippen LogP contribution in [0.2, 0.25) is 5.02 Å². The van der Waals surface area contributed by atoms with Crippen molar-refractivity contribution in [1.82, 2.24) is 0 Å². The summed E-state index contributed by atoms with van der Waals surface area (Å²) in [6.07, 6.45) is 1.02. The molecule has 1 atom stereocenters. The number of hydrogen-bond donors (Lipinski definition) is 1. The van der Waals surface area contributed by atoms with E-state index in [9.17, 15) is 13.2 Å². The maximum absolute atomic E-state index is 12.7. The summed E-state index contributed by atoms with van der Waals surface area (Å²) in [5.41, 5.74) is 0.665. The van der Waals surface area contributed by atoms with E-state index in [0.717, 1.165) is 10.6 Å². The van der Waals surface area contributed by atoms with Crippen molar-refractivity contribution < 1.29 is 22.7 Å². The number of nitrogens with one attached hydrogen (secondary N) is 1. The molecule has 2 aromatic carbocycles. The molecule has 2 aromatic rings. The Morgan fingerprint density at radius 1 is 1.15 bits per heavy atom. The summed E-state index contributed by atoms with van der Waals surface area (Å²) in [7, 11) is -0.926. The lowest BCUT2D eigenvalue weighted by atomic mass is 10.2. The zero-order chi connectivity index (χ0) is 20.2. The third-order valence-corrected chi connectivity index (χ3v) is 5.27. The molecule has 0 aliphatic rings. The van der Waals surface area contributed by atoms with E-state index >= 15 is 0 Å².